The van der Waals surface area contributed by atoms with Crippen LogP contribution in [0.5, 0.6) is 0 Å². The molecule has 0 aromatic carbocycles. The van der Waals surface area contributed by atoms with Crippen LogP contribution in [0.3, 0.4) is 0 Å². The second kappa shape index (κ2) is 9.49. The Morgan fingerprint density at radius 2 is 0.867 bits per heavy atom. The number of hydrogen-bond acceptors (Lipinski definition) is 4. The van der Waals surface area contributed by atoms with Crippen LogP contribution in [0.15, 0.2) is 0 Å². The van der Waals surface area contributed by atoms with Crippen molar-refractivity contribution >= 4 is 11.9 Å². The van der Waals surface area contributed by atoms with Crippen molar-refractivity contribution in [3.8, 4) is 0 Å². The smallest absolute Gasteiger partial charge is 0.0414 e. The first-order valence-electron chi connectivity index (χ1n) is 5.52. The van der Waals surface area contributed by atoms with E-state index in [1.807, 2.05) is 0 Å². The second-order valence-corrected chi connectivity index (χ2v) is 3.72. The molecule has 0 radical (unpaired) electrons. The summed E-state index contributed by atoms with van der Waals surface area (Å²) in [5.74, 6) is -1.96. The van der Waals surface area contributed by atoms with Crippen molar-refractivity contribution in [2.24, 2.45) is 0 Å². The van der Waals surface area contributed by atoms with Gasteiger partial charge in [-0.3, -0.25) is 0 Å². The Hall–Kier alpha value is -1.06. The van der Waals surface area contributed by atoms with E-state index in [4.69, 9.17) is 0 Å². The van der Waals surface area contributed by atoms with Crippen molar-refractivity contribution in [1.29, 1.82) is 0 Å². The fourth-order valence-corrected chi connectivity index (χ4v) is 1.42. The maximum Gasteiger partial charge on any atom is 0.0414 e. The number of carbonyl (C=O) groups is 2. The summed E-state index contributed by atoms with van der Waals surface area (Å²) in [5.41, 5.74) is 0. The fourth-order valence-electron chi connectivity index (χ4n) is 1.42. The molecule has 0 heterocycles. The van der Waals surface area contributed by atoms with E-state index in [1.54, 1.807) is 0 Å². The number of rotatable bonds is 10. The third-order valence-corrected chi connectivity index (χ3v) is 2.26. The van der Waals surface area contributed by atoms with Gasteiger partial charge in [0.25, 0.3) is 0 Å². The van der Waals surface area contributed by atoms with Gasteiger partial charge in [0.1, 0.15) is 0 Å². The van der Waals surface area contributed by atoms with Gasteiger partial charge in [0.2, 0.25) is 0 Å². The number of carboxylic acid groups (broad SMARTS) is 2. The fraction of sp³-hybridized carbons (Fsp3) is 0.818. The minimum absolute atomic E-state index is 0.144. The van der Waals surface area contributed by atoms with Crippen LogP contribution in [-0.2, 0) is 9.59 Å². The Bertz CT molecular complexity index is 169. The lowest BCUT2D eigenvalue weighted by molar-refractivity contribution is -0.307. The molecule has 0 aliphatic carbocycles. The zero-order valence-electron chi connectivity index (χ0n) is 9.00. The molecule has 0 aromatic rings. The molecule has 0 fully saturated rings. The van der Waals surface area contributed by atoms with E-state index in [9.17, 15) is 19.8 Å². The van der Waals surface area contributed by atoms with Crippen LogP contribution in [0.1, 0.15) is 57.8 Å². The highest BCUT2D eigenvalue weighted by atomic mass is 16.4. The van der Waals surface area contributed by atoms with Crippen molar-refractivity contribution in [1.82, 2.24) is 0 Å². The van der Waals surface area contributed by atoms with E-state index in [0.29, 0.717) is 12.8 Å². The molecule has 0 N–H and O–H groups in total. The first kappa shape index (κ1) is 13.9. The molecule has 0 aromatic heterocycles. The van der Waals surface area contributed by atoms with E-state index in [-0.39, 0.29) is 12.8 Å². The summed E-state index contributed by atoms with van der Waals surface area (Å²) in [7, 11) is 0. The summed E-state index contributed by atoms with van der Waals surface area (Å²) >= 11 is 0. The predicted octanol–water partition coefficient (Wildman–Crippen LogP) is -0.00290. The average Bonchev–Trinajstić information content (AvgIpc) is 2.14. The maximum absolute atomic E-state index is 10.1. The number of unbranched alkanes of at least 4 members (excludes halogenated alkanes) is 6. The third-order valence-electron chi connectivity index (χ3n) is 2.26. The van der Waals surface area contributed by atoms with E-state index < -0.39 is 11.9 Å². The maximum atomic E-state index is 10.1. The Morgan fingerprint density at radius 3 is 1.13 bits per heavy atom. The zero-order chi connectivity index (χ0) is 11.5. The van der Waals surface area contributed by atoms with Crippen LogP contribution >= 0.6 is 0 Å². The highest BCUT2D eigenvalue weighted by molar-refractivity contribution is 5.64. The molecule has 0 aliphatic rings. The summed E-state index contributed by atoms with van der Waals surface area (Å²) in [4.78, 5) is 20.1. The van der Waals surface area contributed by atoms with Gasteiger partial charge in [-0.15, -0.1) is 0 Å². The Labute approximate surface area is 90.3 Å². The quantitative estimate of drug-likeness (QED) is 0.479. The van der Waals surface area contributed by atoms with Crippen molar-refractivity contribution in [3.63, 3.8) is 0 Å². The van der Waals surface area contributed by atoms with Crippen LogP contribution in [-0.4, -0.2) is 11.9 Å². The van der Waals surface area contributed by atoms with Gasteiger partial charge in [-0.25, -0.2) is 0 Å². The van der Waals surface area contributed by atoms with Crippen molar-refractivity contribution in [2.75, 3.05) is 0 Å². The second-order valence-electron chi connectivity index (χ2n) is 3.72. The molecule has 0 bridgehead atoms. The van der Waals surface area contributed by atoms with E-state index >= 15 is 0 Å². The van der Waals surface area contributed by atoms with Gasteiger partial charge >= 0.3 is 0 Å². The topological polar surface area (TPSA) is 80.3 Å². The molecule has 0 spiro atoms. The molecule has 0 unspecified atom stereocenters. The molecule has 0 rings (SSSR count). The predicted molar refractivity (Wildman–Crippen MR) is 51.6 cm³/mol. The summed E-state index contributed by atoms with van der Waals surface area (Å²) in [6.07, 6.45) is 6.54. The molecule has 0 aliphatic heterocycles. The first-order chi connectivity index (χ1) is 7.13. The molecule has 0 saturated carbocycles. The minimum atomic E-state index is -0.982. The molecule has 0 amide bonds. The standard InChI is InChI=1S/C11H20O4/c12-10(13)8-6-4-2-1-3-5-7-9-11(14)15/h1-9H2,(H,12,13)(H,14,15)/p-2. The van der Waals surface area contributed by atoms with Gasteiger partial charge in [0, 0.05) is 11.9 Å². The lowest BCUT2D eigenvalue weighted by atomic mass is 10.1. The first-order valence-corrected chi connectivity index (χ1v) is 5.52. The molecule has 4 nitrogen and oxygen atoms in total. The summed E-state index contributed by atoms with van der Waals surface area (Å²) in [6.45, 7) is 0. The molecular formula is C11H18O4-2. The monoisotopic (exact) mass is 214 g/mol. The van der Waals surface area contributed by atoms with E-state index in [1.165, 1.54) is 0 Å². The number of aliphatic carboxylic acids is 2. The number of hydrogen-bond donors (Lipinski definition) is 0. The van der Waals surface area contributed by atoms with Crippen LogP contribution in [0.4, 0.5) is 0 Å². The van der Waals surface area contributed by atoms with Crippen molar-refractivity contribution in [2.45, 2.75) is 57.8 Å². The van der Waals surface area contributed by atoms with Crippen LogP contribution in [0, 0.1) is 0 Å². The van der Waals surface area contributed by atoms with Gasteiger partial charge in [-0.2, -0.15) is 0 Å². The van der Waals surface area contributed by atoms with Crippen LogP contribution in [0.25, 0.3) is 0 Å². The molecule has 15 heavy (non-hydrogen) atoms. The third kappa shape index (κ3) is 12.9. The normalized spacial score (nSPS) is 10.1. The average molecular weight is 214 g/mol. The SMILES string of the molecule is O=C([O-])CCCCCCCCCC(=O)[O-]. The highest BCUT2D eigenvalue weighted by Gasteiger charge is 1.93. The Balaban J connectivity index is 2.99. The Morgan fingerprint density at radius 1 is 0.600 bits per heavy atom. The van der Waals surface area contributed by atoms with Gasteiger partial charge in [0.15, 0.2) is 0 Å². The molecule has 88 valence electrons. The lowest BCUT2D eigenvalue weighted by Gasteiger charge is -2.03. The van der Waals surface area contributed by atoms with Crippen molar-refractivity contribution in [3.05, 3.63) is 0 Å². The largest absolute Gasteiger partial charge is 0.550 e. The van der Waals surface area contributed by atoms with E-state index in [2.05, 4.69) is 0 Å². The highest BCUT2D eigenvalue weighted by Crippen LogP contribution is 2.09. The van der Waals surface area contributed by atoms with Gasteiger partial charge in [-0.1, -0.05) is 32.1 Å². The lowest BCUT2D eigenvalue weighted by Crippen LogP contribution is -2.21. The van der Waals surface area contributed by atoms with Gasteiger partial charge in [0.05, 0.1) is 0 Å². The Kier molecular flexibility index (Phi) is 8.82. The summed E-state index contributed by atoms with van der Waals surface area (Å²) in [6, 6.07) is 0. The zero-order valence-corrected chi connectivity index (χ0v) is 9.00. The van der Waals surface area contributed by atoms with Gasteiger partial charge in [-0.05, 0) is 25.7 Å². The van der Waals surface area contributed by atoms with E-state index in [0.717, 1.165) is 32.1 Å². The number of carboxylic acids is 2. The number of carbonyl (C=O) groups excluding carboxylic acids is 2. The molecular weight excluding hydrogens is 196 g/mol. The van der Waals surface area contributed by atoms with Crippen LogP contribution < -0.4 is 10.2 Å². The van der Waals surface area contributed by atoms with Crippen LogP contribution in [0.2, 0.25) is 0 Å². The van der Waals surface area contributed by atoms with Crippen molar-refractivity contribution < 1.29 is 19.8 Å². The molecule has 4 heteroatoms. The van der Waals surface area contributed by atoms with Gasteiger partial charge < -0.3 is 19.8 Å². The molecule has 0 atom stereocenters. The summed E-state index contributed by atoms with van der Waals surface area (Å²) in [5, 5.41) is 20.1. The summed E-state index contributed by atoms with van der Waals surface area (Å²) < 4.78 is 0. The minimum Gasteiger partial charge on any atom is -0.550 e. The molecule has 0 saturated heterocycles.